The van der Waals surface area contributed by atoms with Crippen molar-refractivity contribution in [1.82, 2.24) is 4.90 Å². The maximum atomic E-state index is 11.5. The Hall–Kier alpha value is -0.130. The minimum absolute atomic E-state index is 0.0475. The van der Waals surface area contributed by atoms with Crippen LogP contribution in [0.4, 0.5) is 0 Å². The molecule has 1 unspecified atom stereocenters. The predicted octanol–water partition coefficient (Wildman–Crippen LogP) is 0.869. The Morgan fingerprint density at radius 3 is 2.18 bits per heavy atom. The Morgan fingerprint density at radius 2 is 1.82 bits per heavy atom. The average molecular weight is 262 g/mol. The monoisotopic (exact) mass is 262 g/mol. The number of hydrogen-bond acceptors (Lipinski definition) is 4. The molecule has 0 aromatic carbocycles. The van der Waals surface area contributed by atoms with E-state index in [9.17, 15) is 8.42 Å². The summed E-state index contributed by atoms with van der Waals surface area (Å²) in [6.45, 7) is 9.12. The molecule has 0 amide bonds. The lowest BCUT2D eigenvalue weighted by Crippen LogP contribution is -2.54. The SMILES string of the molecule is CN(CC(C)(C)C(C)(C)N)C1CCS(=O)(=O)C1. The molecule has 5 heteroatoms. The fourth-order valence-electron chi connectivity index (χ4n) is 2.08. The maximum Gasteiger partial charge on any atom is 0.151 e. The molecule has 1 heterocycles. The first kappa shape index (κ1) is 14.9. The second-order valence-corrected chi connectivity index (χ2v) is 8.81. The van der Waals surface area contributed by atoms with Crippen LogP contribution in [0.1, 0.15) is 34.1 Å². The Balaban J connectivity index is 2.65. The van der Waals surface area contributed by atoms with E-state index in [1.807, 2.05) is 20.9 Å². The van der Waals surface area contributed by atoms with E-state index in [0.29, 0.717) is 11.5 Å². The van der Waals surface area contributed by atoms with Gasteiger partial charge in [0.05, 0.1) is 11.5 Å². The summed E-state index contributed by atoms with van der Waals surface area (Å²) < 4.78 is 22.9. The average Bonchev–Trinajstić information content (AvgIpc) is 2.43. The molecule has 1 aliphatic rings. The molecule has 0 spiro atoms. The van der Waals surface area contributed by atoms with Crippen LogP contribution in [0.25, 0.3) is 0 Å². The van der Waals surface area contributed by atoms with Crippen LogP contribution in [0.2, 0.25) is 0 Å². The van der Waals surface area contributed by atoms with E-state index in [-0.39, 0.29) is 17.0 Å². The van der Waals surface area contributed by atoms with Gasteiger partial charge in [-0.05, 0) is 32.7 Å². The lowest BCUT2D eigenvalue weighted by molar-refractivity contribution is 0.109. The zero-order chi connectivity index (χ0) is 13.5. The summed E-state index contributed by atoms with van der Waals surface area (Å²) in [4.78, 5) is 2.15. The highest BCUT2D eigenvalue weighted by molar-refractivity contribution is 7.91. The molecule has 1 fully saturated rings. The highest BCUT2D eigenvalue weighted by Crippen LogP contribution is 2.30. The van der Waals surface area contributed by atoms with Crippen LogP contribution in [0.15, 0.2) is 0 Å². The van der Waals surface area contributed by atoms with Crippen molar-refractivity contribution in [3.8, 4) is 0 Å². The summed E-state index contributed by atoms with van der Waals surface area (Å²) in [5.74, 6) is 0.624. The van der Waals surface area contributed by atoms with Crippen molar-refractivity contribution in [2.45, 2.75) is 45.7 Å². The van der Waals surface area contributed by atoms with Gasteiger partial charge in [-0.3, -0.25) is 0 Å². The van der Waals surface area contributed by atoms with Crippen molar-refractivity contribution in [1.29, 1.82) is 0 Å². The molecule has 0 aliphatic carbocycles. The van der Waals surface area contributed by atoms with Gasteiger partial charge in [0.25, 0.3) is 0 Å². The summed E-state index contributed by atoms with van der Waals surface area (Å²) in [6.07, 6.45) is 0.750. The molecule has 4 nitrogen and oxygen atoms in total. The van der Waals surface area contributed by atoms with Gasteiger partial charge in [0.15, 0.2) is 9.84 Å². The standard InChI is InChI=1S/C12H26N2O2S/c1-11(2,12(3,4)13)9-14(5)10-6-7-17(15,16)8-10/h10H,6-9,13H2,1-5H3. The first-order chi connectivity index (χ1) is 7.45. The summed E-state index contributed by atoms with van der Waals surface area (Å²) in [5, 5.41) is 0. The van der Waals surface area contributed by atoms with Gasteiger partial charge in [0.1, 0.15) is 0 Å². The summed E-state index contributed by atoms with van der Waals surface area (Å²) in [6, 6.07) is 0.154. The summed E-state index contributed by atoms with van der Waals surface area (Å²) in [7, 11) is -0.805. The van der Waals surface area contributed by atoms with Crippen LogP contribution >= 0.6 is 0 Å². The van der Waals surface area contributed by atoms with Gasteiger partial charge in [-0.1, -0.05) is 13.8 Å². The van der Waals surface area contributed by atoms with Crippen molar-refractivity contribution in [2.75, 3.05) is 25.1 Å². The van der Waals surface area contributed by atoms with Crippen LogP contribution in [0.5, 0.6) is 0 Å². The van der Waals surface area contributed by atoms with E-state index in [4.69, 9.17) is 5.73 Å². The highest BCUT2D eigenvalue weighted by Gasteiger charge is 2.38. The van der Waals surface area contributed by atoms with Crippen LogP contribution in [0.3, 0.4) is 0 Å². The molecule has 1 atom stereocenters. The largest absolute Gasteiger partial charge is 0.325 e. The van der Waals surface area contributed by atoms with E-state index in [1.54, 1.807) is 0 Å². The smallest absolute Gasteiger partial charge is 0.151 e. The molecular weight excluding hydrogens is 236 g/mol. The Kier molecular flexibility index (Phi) is 3.97. The molecule has 1 rings (SSSR count). The molecule has 0 radical (unpaired) electrons. The van der Waals surface area contributed by atoms with E-state index >= 15 is 0 Å². The third kappa shape index (κ3) is 3.66. The highest BCUT2D eigenvalue weighted by atomic mass is 32.2. The third-order valence-corrected chi connectivity index (χ3v) is 5.97. The fourth-order valence-corrected chi connectivity index (χ4v) is 3.88. The van der Waals surface area contributed by atoms with Gasteiger partial charge in [-0.15, -0.1) is 0 Å². The minimum Gasteiger partial charge on any atom is -0.325 e. The Labute approximate surface area is 105 Å². The molecule has 0 bridgehead atoms. The lowest BCUT2D eigenvalue weighted by Gasteiger charge is -2.42. The second kappa shape index (κ2) is 4.52. The molecule has 102 valence electrons. The third-order valence-electron chi connectivity index (χ3n) is 4.22. The van der Waals surface area contributed by atoms with Crippen LogP contribution in [-0.2, 0) is 9.84 Å². The predicted molar refractivity (Wildman–Crippen MR) is 71.7 cm³/mol. The fraction of sp³-hybridized carbons (Fsp3) is 1.00. The number of hydrogen-bond donors (Lipinski definition) is 1. The van der Waals surface area contributed by atoms with Crippen LogP contribution in [-0.4, -0.2) is 50.0 Å². The minimum atomic E-state index is -2.80. The Bertz CT molecular complexity index is 368. The van der Waals surface area contributed by atoms with Crippen molar-refractivity contribution in [3.05, 3.63) is 0 Å². The van der Waals surface area contributed by atoms with Gasteiger partial charge in [-0.2, -0.15) is 0 Å². The lowest BCUT2D eigenvalue weighted by atomic mass is 9.75. The van der Waals surface area contributed by atoms with Crippen LogP contribution < -0.4 is 5.73 Å². The number of nitrogens with zero attached hydrogens (tertiary/aromatic N) is 1. The van der Waals surface area contributed by atoms with Crippen molar-refractivity contribution in [3.63, 3.8) is 0 Å². The molecule has 1 saturated heterocycles. The second-order valence-electron chi connectivity index (χ2n) is 6.58. The molecule has 2 N–H and O–H groups in total. The number of rotatable bonds is 4. The molecule has 0 aromatic rings. The Morgan fingerprint density at radius 1 is 1.29 bits per heavy atom. The van der Waals surface area contributed by atoms with Gasteiger partial charge in [0, 0.05) is 18.1 Å². The first-order valence-corrected chi connectivity index (χ1v) is 7.96. The van der Waals surface area contributed by atoms with Gasteiger partial charge in [-0.25, -0.2) is 8.42 Å². The van der Waals surface area contributed by atoms with Crippen LogP contribution in [0, 0.1) is 5.41 Å². The number of nitrogens with two attached hydrogens (primary N) is 1. The zero-order valence-electron chi connectivity index (χ0n) is 11.7. The van der Waals surface area contributed by atoms with Gasteiger partial charge < -0.3 is 10.6 Å². The van der Waals surface area contributed by atoms with E-state index < -0.39 is 9.84 Å². The summed E-state index contributed by atoms with van der Waals surface area (Å²) in [5.41, 5.74) is 5.84. The molecule has 17 heavy (non-hydrogen) atoms. The van der Waals surface area contributed by atoms with E-state index in [0.717, 1.165) is 13.0 Å². The molecule has 1 aliphatic heterocycles. The van der Waals surface area contributed by atoms with E-state index in [1.165, 1.54) is 0 Å². The van der Waals surface area contributed by atoms with Gasteiger partial charge >= 0.3 is 0 Å². The van der Waals surface area contributed by atoms with Crippen molar-refractivity contribution in [2.24, 2.45) is 11.1 Å². The van der Waals surface area contributed by atoms with E-state index in [2.05, 4.69) is 18.7 Å². The zero-order valence-corrected chi connectivity index (χ0v) is 12.5. The molecular formula is C12H26N2O2S. The first-order valence-electron chi connectivity index (χ1n) is 6.14. The van der Waals surface area contributed by atoms with Crippen molar-refractivity contribution < 1.29 is 8.42 Å². The quantitative estimate of drug-likeness (QED) is 0.816. The molecule has 0 saturated carbocycles. The van der Waals surface area contributed by atoms with Gasteiger partial charge in [0.2, 0.25) is 0 Å². The molecule has 0 aromatic heterocycles. The number of sulfone groups is 1. The maximum absolute atomic E-state index is 11.5. The normalized spacial score (nSPS) is 25.5. The van der Waals surface area contributed by atoms with Crippen molar-refractivity contribution >= 4 is 9.84 Å². The summed E-state index contributed by atoms with van der Waals surface area (Å²) >= 11 is 0. The topological polar surface area (TPSA) is 63.4 Å².